The maximum Gasteiger partial charge on any atom is 0.251 e. The molecule has 1 aliphatic rings. The Bertz CT molecular complexity index is 554. The Labute approximate surface area is 133 Å². The minimum absolute atomic E-state index is 0.0223. The molecule has 1 aromatic rings. The van der Waals surface area contributed by atoms with Gasteiger partial charge in [-0.3, -0.25) is 9.69 Å². The normalized spacial score (nSPS) is 21.0. The van der Waals surface area contributed by atoms with Crippen molar-refractivity contribution in [1.29, 1.82) is 5.26 Å². The van der Waals surface area contributed by atoms with E-state index in [2.05, 4.69) is 44.0 Å². The van der Waals surface area contributed by atoms with Crippen molar-refractivity contribution in [3.63, 3.8) is 0 Å². The highest BCUT2D eigenvalue weighted by atomic mass is 16.1. The molecule has 1 heterocycles. The predicted octanol–water partition coefficient (Wildman–Crippen LogP) is 2.96. The first-order valence-electron chi connectivity index (χ1n) is 7.77. The highest BCUT2D eigenvalue weighted by molar-refractivity contribution is 5.94. The van der Waals surface area contributed by atoms with Gasteiger partial charge in [0.25, 0.3) is 5.91 Å². The van der Waals surface area contributed by atoms with Gasteiger partial charge >= 0.3 is 0 Å². The Morgan fingerprint density at radius 3 is 2.27 bits per heavy atom. The number of nitrogens with one attached hydrogen (secondary N) is 1. The van der Waals surface area contributed by atoms with Crippen LogP contribution in [0.25, 0.3) is 0 Å². The van der Waals surface area contributed by atoms with Gasteiger partial charge in [-0.05, 0) is 52.7 Å². The van der Waals surface area contributed by atoms with E-state index in [0.717, 1.165) is 12.8 Å². The number of nitrogens with zero attached hydrogens (tertiary/aromatic N) is 2. The van der Waals surface area contributed by atoms with Gasteiger partial charge in [-0.2, -0.15) is 5.26 Å². The van der Waals surface area contributed by atoms with Gasteiger partial charge in [0.05, 0.1) is 12.6 Å². The van der Waals surface area contributed by atoms with Gasteiger partial charge in [-0.15, -0.1) is 0 Å². The van der Waals surface area contributed by atoms with E-state index in [1.807, 2.05) is 30.3 Å². The van der Waals surface area contributed by atoms with Gasteiger partial charge in [-0.25, -0.2) is 0 Å². The second-order valence-electron chi connectivity index (χ2n) is 7.31. The molecule has 0 radical (unpaired) electrons. The van der Waals surface area contributed by atoms with E-state index in [4.69, 9.17) is 5.26 Å². The smallest absolute Gasteiger partial charge is 0.251 e. The maximum absolute atomic E-state index is 12.4. The van der Waals surface area contributed by atoms with Crippen LogP contribution in [0.15, 0.2) is 30.3 Å². The molecule has 1 aliphatic heterocycles. The van der Waals surface area contributed by atoms with Gasteiger partial charge in [0.15, 0.2) is 0 Å². The number of likely N-dealkylation sites (tertiary alicyclic amines) is 1. The fourth-order valence-electron chi connectivity index (χ4n) is 3.78. The number of piperidine rings is 1. The van der Waals surface area contributed by atoms with Crippen molar-refractivity contribution < 1.29 is 4.79 Å². The number of benzene rings is 1. The van der Waals surface area contributed by atoms with Gasteiger partial charge in [-0.1, -0.05) is 18.2 Å². The van der Waals surface area contributed by atoms with Crippen molar-refractivity contribution in [2.24, 2.45) is 0 Å². The Morgan fingerprint density at radius 2 is 1.77 bits per heavy atom. The van der Waals surface area contributed by atoms with Gasteiger partial charge < -0.3 is 5.32 Å². The van der Waals surface area contributed by atoms with Crippen LogP contribution < -0.4 is 5.32 Å². The first-order valence-corrected chi connectivity index (χ1v) is 7.77. The Morgan fingerprint density at radius 1 is 1.23 bits per heavy atom. The largest absolute Gasteiger partial charge is 0.349 e. The third-order valence-electron chi connectivity index (χ3n) is 4.55. The lowest BCUT2D eigenvalue weighted by molar-refractivity contribution is -0.0285. The lowest BCUT2D eigenvalue weighted by atomic mass is 9.77. The summed E-state index contributed by atoms with van der Waals surface area (Å²) < 4.78 is 0. The van der Waals surface area contributed by atoms with Crippen molar-refractivity contribution in [3.8, 4) is 6.07 Å². The monoisotopic (exact) mass is 299 g/mol. The Kier molecular flexibility index (Phi) is 4.58. The maximum atomic E-state index is 12.4. The molecule has 2 rings (SSSR count). The third kappa shape index (κ3) is 3.48. The number of carbonyl (C=O) groups excluding carboxylic acids is 1. The standard InChI is InChI=1S/C18H25N3O/c1-17(2)12-15(13-18(3,4)21(17)11-10-19)20-16(22)14-8-6-5-7-9-14/h5-9,15H,11-13H2,1-4H3,(H,20,22). The van der Waals surface area contributed by atoms with Gasteiger partial charge in [0.1, 0.15) is 0 Å². The molecule has 22 heavy (non-hydrogen) atoms. The summed E-state index contributed by atoms with van der Waals surface area (Å²) in [6.07, 6.45) is 1.69. The summed E-state index contributed by atoms with van der Waals surface area (Å²) in [5.74, 6) is -0.0223. The van der Waals surface area contributed by atoms with E-state index in [9.17, 15) is 4.79 Å². The molecule has 0 unspecified atom stereocenters. The predicted molar refractivity (Wildman–Crippen MR) is 87.4 cm³/mol. The van der Waals surface area contributed by atoms with Crippen molar-refractivity contribution in [2.45, 2.75) is 57.7 Å². The van der Waals surface area contributed by atoms with E-state index >= 15 is 0 Å². The summed E-state index contributed by atoms with van der Waals surface area (Å²) in [5, 5.41) is 12.2. The molecule has 1 fully saturated rings. The highest BCUT2D eigenvalue weighted by Crippen LogP contribution is 2.38. The summed E-state index contributed by atoms with van der Waals surface area (Å²) >= 11 is 0. The first kappa shape index (κ1) is 16.5. The quantitative estimate of drug-likeness (QED) is 0.873. The minimum atomic E-state index is -0.119. The zero-order valence-corrected chi connectivity index (χ0v) is 13.9. The van der Waals surface area contributed by atoms with E-state index in [1.165, 1.54) is 0 Å². The molecule has 0 aliphatic carbocycles. The summed E-state index contributed by atoms with van der Waals surface area (Å²) in [4.78, 5) is 14.6. The molecule has 0 bridgehead atoms. The summed E-state index contributed by atoms with van der Waals surface area (Å²) in [5.41, 5.74) is 0.454. The van der Waals surface area contributed by atoms with Crippen LogP contribution in [0, 0.1) is 11.3 Å². The summed E-state index contributed by atoms with van der Waals surface area (Å²) in [6.45, 7) is 9.00. The molecule has 0 saturated carbocycles. The zero-order valence-electron chi connectivity index (χ0n) is 13.9. The van der Waals surface area contributed by atoms with Crippen LogP contribution in [0.1, 0.15) is 50.9 Å². The third-order valence-corrected chi connectivity index (χ3v) is 4.55. The fraction of sp³-hybridized carbons (Fsp3) is 0.556. The summed E-state index contributed by atoms with van der Waals surface area (Å²) in [7, 11) is 0. The average Bonchev–Trinajstić information content (AvgIpc) is 2.43. The Balaban J connectivity index is 2.12. The van der Waals surface area contributed by atoms with Crippen molar-refractivity contribution in [3.05, 3.63) is 35.9 Å². The van der Waals surface area contributed by atoms with E-state index in [0.29, 0.717) is 12.1 Å². The molecular formula is C18H25N3O. The van der Waals surface area contributed by atoms with Crippen molar-refractivity contribution in [1.82, 2.24) is 10.2 Å². The molecule has 0 atom stereocenters. The molecule has 4 heteroatoms. The van der Waals surface area contributed by atoms with Crippen LogP contribution in [0.2, 0.25) is 0 Å². The summed E-state index contributed by atoms with van der Waals surface area (Å²) in [6, 6.07) is 11.7. The molecule has 1 amide bonds. The fourth-order valence-corrected chi connectivity index (χ4v) is 3.78. The molecule has 1 aromatic carbocycles. The topological polar surface area (TPSA) is 56.1 Å². The van der Waals surface area contributed by atoms with Crippen LogP contribution in [0.4, 0.5) is 0 Å². The SMILES string of the molecule is CC1(C)CC(NC(=O)c2ccccc2)CC(C)(C)N1CC#N. The molecule has 0 spiro atoms. The second-order valence-corrected chi connectivity index (χ2v) is 7.31. The highest BCUT2D eigenvalue weighted by Gasteiger charge is 2.45. The number of rotatable bonds is 3. The molecule has 118 valence electrons. The number of nitriles is 1. The van der Waals surface area contributed by atoms with Gasteiger partial charge in [0.2, 0.25) is 0 Å². The van der Waals surface area contributed by atoms with Crippen LogP contribution in [-0.2, 0) is 0 Å². The van der Waals surface area contributed by atoms with E-state index < -0.39 is 0 Å². The van der Waals surface area contributed by atoms with E-state index in [1.54, 1.807) is 0 Å². The number of carbonyl (C=O) groups is 1. The minimum Gasteiger partial charge on any atom is -0.349 e. The van der Waals surface area contributed by atoms with Crippen LogP contribution in [0.5, 0.6) is 0 Å². The van der Waals surface area contributed by atoms with Crippen molar-refractivity contribution >= 4 is 5.91 Å². The number of hydrogen-bond donors (Lipinski definition) is 1. The molecule has 4 nitrogen and oxygen atoms in total. The Hall–Kier alpha value is -1.86. The van der Waals surface area contributed by atoms with Crippen LogP contribution >= 0.6 is 0 Å². The lowest BCUT2D eigenvalue weighted by Gasteiger charge is -2.54. The lowest BCUT2D eigenvalue weighted by Crippen LogP contribution is -2.64. The van der Waals surface area contributed by atoms with E-state index in [-0.39, 0.29) is 23.0 Å². The number of hydrogen-bond acceptors (Lipinski definition) is 3. The molecule has 1 N–H and O–H groups in total. The average molecular weight is 299 g/mol. The first-order chi connectivity index (χ1) is 10.3. The second kappa shape index (κ2) is 6.10. The van der Waals surface area contributed by atoms with Crippen LogP contribution in [0.3, 0.4) is 0 Å². The zero-order chi connectivity index (χ0) is 16.4. The molecule has 1 saturated heterocycles. The number of amides is 1. The van der Waals surface area contributed by atoms with Gasteiger partial charge in [0, 0.05) is 22.7 Å². The molecular weight excluding hydrogens is 274 g/mol. The van der Waals surface area contributed by atoms with Crippen LogP contribution in [-0.4, -0.2) is 34.5 Å². The van der Waals surface area contributed by atoms with Crippen molar-refractivity contribution in [2.75, 3.05) is 6.54 Å². The molecule has 0 aromatic heterocycles.